The highest BCUT2D eigenvalue weighted by Crippen LogP contribution is 2.35. The molecule has 2 heterocycles. The number of nitrogens with zero attached hydrogens (tertiary/aromatic N) is 1. The molecule has 168 valence electrons. The van der Waals surface area contributed by atoms with Crippen molar-refractivity contribution in [1.29, 1.82) is 0 Å². The van der Waals surface area contributed by atoms with Gasteiger partial charge in [-0.1, -0.05) is 30.3 Å². The van der Waals surface area contributed by atoms with E-state index < -0.39 is 29.0 Å². The Morgan fingerprint density at radius 2 is 1.65 bits per heavy atom. The van der Waals surface area contributed by atoms with Gasteiger partial charge in [0.25, 0.3) is 0 Å². The van der Waals surface area contributed by atoms with E-state index in [0.717, 1.165) is 49.2 Å². The lowest BCUT2D eigenvalue weighted by molar-refractivity contribution is -0.0910. The summed E-state index contributed by atoms with van der Waals surface area (Å²) in [5.74, 6) is 0.608. The number of aliphatic hydroxyl groups excluding tert-OH is 4. The number of thioether (sulfide) groups is 1. The lowest BCUT2D eigenvalue weighted by atomic mass is 10.0. The Kier molecular flexibility index (Phi) is 7.37. The van der Waals surface area contributed by atoms with E-state index in [-0.39, 0.29) is 6.61 Å². The molecule has 4 N–H and O–H groups in total. The van der Waals surface area contributed by atoms with Crippen molar-refractivity contribution in [2.24, 2.45) is 0 Å². The molecule has 0 radical (unpaired) electrons. The molecule has 5 unspecified atom stereocenters. The number of para-hydroxylation sites is 1. The van der Waals surface area contributed by atoms with Gasteiger partial charge in [0, 0.05) is 25.2 Å². The van der Waals surface area contributed by atoms with Crippen LogP contribution < -0.4 is 9.64 Å². The van der Waals surface area contributed by atoms with Crippen molar-refractivity contribution in [3.8, 4) is 5.75 Å². The van der Waals surface area contributed by atoms with Gasteiger partial charge in [0.05, 0.1) is 31.2 Å². The number of hydrogen-bond acceptors (Lipinski definition) is 8. The molecule has 0 aliphatic carbocycles. The van der Waals surface area contributed by atoms with Crippen molar-refractivity contribution in [2.75, 3.05) is 37.8 Å². The maximum atomic E-state index is 10.4. The molecular weight excluding hydrogens is 418 g/mol. The van der Waals surface area contributed by atoms with E-state index in [1.807, 2.05) is 24.3 Å². The van der Waals surface area contributed by atoms with Crippen LogP contribution in [-0.2, 0) is 11.2 Å². The molecule has 0 bridgehead atoms. The summed E-state index contributed by atoms with van der Waals surface area (Å²) in [7, 11) is 0. The van der Waals surface area contributed by atoms with Gasteiger partial charge in [-0.15, -0.1) is 11.8 Å². The summed E-state index contributed by atoms with van der Waals surface area (Å²) < 4.78 is 11.5. The molecule has 2 aromatic carbocycles. The maximum absolute atomic E-state index is 10.4. The van der Waals surface area contributed by atoms with Crippen molar-refractivity contribution < 1.29 is 29.9 Å². The zero-order chi connectivity index (χ0) is 21.8. The first-order valence-corrected chi connectivity index (χ1v) is 11.5. The van der Waals surface area contributed by atoms with Crippen molar-refractivity contribution in [2.45, 2.75) is 35.4 Å². The molecule has 2 fully saturated rings. The van der Waals surface area contributed by atoms with Crippen molar-refractivity contribution in [1.82, 2.24) is 0 Å². The predicted octanol–water partition coefficient (Wildman–Crippen LogP) is 1.01. The molecule has 0 saturated carbocycles. The number of benzene rings is 2. The van der Waals surface area contributed by atoms with E-state index in [1.54, 1.807) is 0 Å². The molecule has 7 nitrogen and oxygen atoms in total. The third-order valence-corrected chi connectivity index (χ3v) is 7.19. The average Bonchev–Trinajstić information content (AvgIpc) is 2.81. The number of morpholine rings is 1. The summed E-state index contributed by atoms with van der Waals surface area (Å²) in [4.78, 5) is 2.31. The minimum atomic E-state index is -1.37. The van der Waals surface area contributed by atoms with Crippen LogP contribution in [0.2, 0.25) is 0 Å². The SMILES string of the molecule is OCC1SC(Oc2ccccc2Cc2ccc(N3CCOCC3)cc2)C(O)C(O)C1O. The van der Waals surface area contributed by atoms with Crippen LogP contribution in [0.15, 0.2) is 48.5 Å². The normalized spacial score (nSPS) is 29.0. The molecule has 2 aliphatic heterocycles. The second-order valence-corrected chi connectivity index (χ2v) is 9.21. The summed E-state index contributed by atoms with van der Waals surface area (Å²) in [6, 6.07) is 16.0. The number of hydrogen-bond donors (Lipinski definition) is 4. The number of anilines is 1. The molecule has 31 heavy (non-hydrogen) atoms. The van der Waals surface area contributed by atoms with Crippen LogP contribution in [-0.4, -0.2) is 82.3 Å². The highest BCUT2D eigenvalue weighted by molar-refractivity contribution is 8.00. The Balaban J connectivity index is 1.46. The maximum Gasteiger partial charge on any atom is 0.173 e. The standard InChI is InChI=1S/C23H29NO6S/c25-14-19-20(26)21(27)22(28)23(31-19)30-18-4-2-1-3-16(18)13-15-5-7-17(8-6-15)24-9-11-29-12-10-24/h1-8,19-23,25-28H,9-14H2. The summed E-state index contributed by atoms with van der Waals surface area (Å²) in [5.41, 5.74) is 2.48. The van der Waals surface area contributed by atoms with Gasteiger partial charge in [-0.05, 0) is 29.3 Å². The highest BCUT2D eigenvalue weighted by Gasteiger charge is 2.44. The molecule has 4 rings (SSSR count). The van der Waals surface area contributed by atoms with Crippen LogP contribution >= 0.6 is 11.8 Å². The second-order valence-electron chi connectivity index (χ2n) is 7.87. The number of aliphatic hydroxyl groups is 4. The smallest absolute Gasteiger partial charge is 0.173 e. The fraction of sp³-hybridized carbons (Fsp3) is 0.478. The Hall–Kier alpha value is -1.81. The zero-order valence-electron chi connectivity index (χ0n) is 17.2. The topological polar surface area (TPSA) is 103 Å². The van der Waals surface area contributed by atoms with Crippen molar-refractivity contribution >= 4 is 17.4 Å². The van der Waals surface area contributed by atoms with Gasteiger partial charge in [-0.25, -0.2) is 0 Å². The molecule has 0 spiro atoms. The van der Waals surface area contributed by atoms with Gasteiger partial charge < -0.3 is 34.8 Å². The van der Waals surface area contributed by atoms with Gasteiger partial charge in [0.15, 0.2) is 5.44 Å². The van der Waals surface area contributed by atoms with E-state index in [0.29, 0.717) is 12.2 Å². The fourth-order valence-electron chi connectivity index (χ4n) is 3.92. The van der Waals surface area contributed by atoms with Crippen molar-refractivity contribution in [3.63, 3.8) is 0 Å². The van der Waals surface area contributed by atoms with Crippen LogP contribution in [0.5, 0.6) is 5.75 Å². The largest absolute Gasteiger partial charge is 0.477 e. The first-order valence-electron chi connectivity index (χ1n) is 10.5. The van der Waals surface area contributed by atoms with E-state index >= 15 is 0 Å². The molecule has 0 amide bonds. The Morgan fingerprint density at radius 1 is 0.935 bits per heavy atom. The summed E-state index contributed by atoms with van der Waals surface area (Å²) in [5, 5.41) is 39.3. The second kappa shape index (κ2) is 10.2. The van der Waals surface area contributed by atoms with Gasteiger partial charge in [-0.2, -0.15) is 0 Å². The van der Waals surface area contributed by atoms with Crippen LogP contribution in [0.1, 0.15) is 11.1 Å². The lowest BCUT2D eigenvalue weighted by Gasteiger charge is -2.39. The monoisotopic (exact) mass is 447 g/mol. The molecule has 2 aliphatic rings. The minimum absolute atomic E-state index is 0.313. The molecule has 2 aromatic rings. The predicted molar refractivity (Wildman–Crippen MR) is 120 cm³/mol. The van der Waals surface area contributed by atoms with E-state index in [4.69, 9.17) is 9.47 Å². The van der Waals surface area contributed by atoms with Gasteiger partial charge in [0.2, 0.25) is 0 Å². The molecule has 5 atom stereocenters. The molecule has 2 saturated heterocycles. The first-order chi connectivity index (χ1) is 15.1. The summed E-state index contributed by atoms with van der Waals surface area (Å²) >= 11 is 1.13. The highest BCUT2D eigenvalue weighted by atomic mass is 32.2. The van der Waals surface area contributed by atoms with Crippen LogP contribution in [0.4, 0.5) is 5.69 Å². The summed E-state index contributed by atoms with van der Waals surface area (Å²) in [6.45, 7) is 2.98. The van der Waals surface area contributed by atoms with Crippen molar-refractivity contribution in [3.05, 3.63) is 59.7 Å². The third-order valence-electron chi connectivity index (χ3n) is 5.77. The van der Waals surface area contributed by atoms with Crippen LogP contribution in [0.3, 0.4) is 0 Å². The third kappa shape index (κ3) is 5.16. The van der Waals surface area contributed by atoms with E-state index in [1.165, 1.54) is 5.69 Å². The molecule has 0 aromatic heterocycles. The quantitative estimate of drug-likeness (QED) is 0.521. The fourth-order valence-corrected chi connectivity index (χ4v) is 5.15. The minimum Gasteiger partial charge on any atom is -0.477 e. The van der Waals surface area contributed by atoms with Crippen LogP contribution in [0, 0.1) is 0 Å². The van der Waals surface area contributed by atoms with Gasteiger partial charge in [0.1, 0.15) is 18.0 Å². The Bertz CT molecular complexity index is 842. The molecule has 8 heteroatoms. The first kappa shape index (κ1) is 22.4. The summed E-state index contributed by atoms with van der Waals surface area (Å²) in [6.07, 6.45) is -3.18. The Morgan fingerprint density at radius 3 is 2.35 bits per heavy atom. The van der Waals surface area contributed by atoms with Crippen LogP contribution in [0.25, 0.3) is 0 Å². The number of ether oxygens (including phenoxy) is 2. The average molecular weight is 448 g/mol. The number of rotatable bonds is 6. The zero-order valence-corrected chi connectivity index (χ0v) is 18.0. The Labute approximate surface area is 186 Å². The van der Waals surface area contributed by atoms with E-state index in [2.05, 4.69) is 29.2 Å². The van der Waals surface area contributed by atoms with Gasteiger partial charge >= 0.3 is 0 Å². The lowest BCUT2D eigenvalue weighted by Crippen LogP contribution is -2.55. The van der Waals surface area contributed by atoms with Gasteiger partial charge in [-0.3, -0.25) is 0 Å². The van der Waals surface area contributed by atoms with E-state index in [9.17, 15) is 20.4 Å². The molecular formula is C23H29NO6S.